The Labute approximate surface area is 507 Å². The normalized spacial score (nSPS) is 54.6. The lowest BCUT2D eigenvalue weighted by Crippen LogP contribution is -2.72. The predicted octanol–water partition coefficient (Wildman–Crippen LogP) is -5.93. The Morgan fingerprint density at radius 3 is 1.81 bits per heavy atom. The van der Waals surface area contributed by atoms with Crippen LogP contribution in [0.3, 0.4) is 0 Å². The zero-order valence-electron chi connectivity index (χ0n) is 50.0. The molecule has 30 nitrogen and oxygen atoms in total. The van der Waals surface area contributed by atoms with Gasteiger partial charge in [-0.15, -0.1) is 0 Å². The summed E-state index contributed by atoms with van der Waals surface area (Å²) in [6, 6.07) is 0. The number of carboxylic acids is 1. The first kappa shape index (κ1) is 68.5. The SMILES string of the molecule is C[C@@H]1O[C@@H](O[C@H]2[C@H](OC(=O)[C@]34CCC(C)(C)C[C@H]3C3=CC[C@@H]5[C@@]6(C)C[C@H](O)[C@H](O[C@@H]7O[C@H](CO[C@@H]8O[C@H](CO)[C@@H](O)[C@H](O)[C@H]8O)[C@@H](O)[C@H](O)[C@H]7O)[C@](CO)(C(=O)O)[C@@H]6CC[C@@]5(C)[C@]3(C)C[C@H]4O)OC[C@H](O)[C@@H]2O)[C@H](O)[C@H](O)[C@H]1O[C@@H]1OC[C@@H](O)[C@H](O)[C@H]1O. The first-order chi connectivity index (χ1) is 41.2. The monoisotopic (exact) mass is 1270 g/mol. The molecule has 88 heavy (non-hydrogen) atoms. The Balaban J connectivity index is 0.886. The minimum absolute atomic E-state index is 0.0142. The number of hydrogen-bond donors (Lipinski definition) is 18. The average molecular weight is 1270 g/mol. The summed E-state index contributed by atoms with van der Waals surface area (Å²) in [5, 5.41) is 198. The third-order valence-electron chi connectivity index (χ3n) is 22.8. The van der Waals surface area contributed by atoms with E-state index in [1.165, 1.54) is 6.92 Å². The fourth-order valence-corrected chi connectivity index (χ4v) is 17.5. The molecule has 0 radical (unpaired) electrons. The van der Waals surface area contributed by atoms with Crippen LogP contribution in [0.2, 0.25) is 0 Å². The lowest BCUT2D eigenvalue weighted by Gasteiger charge is -2.72. The molecule has 504 valence electrons. The van der Waals surface area contributed by atoms with Gasteiger partial charge in [0, 0.05) is 0 Å². The number of aliphatic carboxylic acids is 1. The first-order valence-electron chi connectivity index (χ1n) is 30.5. The van der Waals surface area contributed by atoms with Crippen LogP contribution in [0.15, 0.2) is 11.6 Å². The molecular weight excluding hydrogens is 1180 g/mol. The van der Waals surface area contributed by atoms with Gasteiger partial charge in [0.25, 0.3) is 0 Å². The van der Waals surface area contributed by atoms with Crippen molar-refractivity contribution >= 4 is 11.9 Å². The topological polar surface area (TPSA) is 491 Å². The second-order valence-electron chi connectivity index (χ2n) is 28.2. The van der Waals surface area contributed by atoms with Crippen LogP contribution >= 0.6 is 0 Å². The summed E-state index contributed by atoms with van der Waals surface area (Å²) >= 11 is 0. The largest absolute Gasteiger partial charge is 0.481 e. The van der Waals surface area contributed by atoms with Gasteiger partial charge in [-0.1, -0.05) is 46.3 Å². The van der Waals surface area contributed by atoms with Gasteiger partial charge in [0.2, 0.25) is 6.29 Å². The van der Waals surface area contributed by atoms with E-state index < -0.39 is 255 Å². The van der Waals surface area contributed by atoms with Crippen LogP contribution in [0.4, 0.5) is 0 Å². The van der Waals surface area contributed by atoms with Crippen molar-refractivity contribution in [3.8, 4) is 0 Å². The second-order valence-corrected chi connectivity index (χ2v) is 28.2. The predicted molar refractivity (Wildman–Crippen MR) is 288 cm³/mol. The van der Waals surface area contributed by atoms with Gasteiger partial charge in [-0.3, -0.25) is 9.59 Å². The molecule has 5 heterocycles. The van der Waals surface area contributed by atoms with Crippen LogP contribution in [0, 0.1) is 50.2 Å². The summed E-state index contributed by atoms with van der Waals surface area (Å²) in [6.45, 7) is 7.90. The number of fused-ring (bicyclic) bond motifs is 7. The summed E-state index contributed by atoms with van der Waals surface area (Å²) in [5.41, 5.74) is -6.36. The van der Waals surface area contributed by atoms with Crippen molar-refractivity contribution in [2.45, 2.75) is 253 Å². The van der Waals surface area contributed by atoms with E-state index in [-0.39, 0.29) is 32.1 Å². The first-order valence-corrected chi connectivity index (χ1v) is 30.5. The van der Waals surface area contributed by atoms with Crippen LogP contribution in [-0.2, 0) is 57.0 Å². The molecule has 0 unspecified atom stereocenters. The van der Waals surface area contributed by atoms with Crippen LogP contribution in [0.25, 0.3) is 0 Å². The van der Waals surface area contributed by atoms with Crippen molar-refractivity contribution < 1.29 is 149 Å². The quantitative estimate of drug-likeness (QED) is 0.0437. The standard InChI is InChI=1S/C58H92O30/c1-21-43(85-47-39(72)32(65)25(62)17-79-47)38(71)42(75)48(82-21)86-44-33(66)26(63)18-80-50(44)88-52(78)57-12-11-53(2,3)13-23(57)22-7-8-29-54(4)14-24(61)45(58(20-60,51(76)77)30(54)9-10-55(29,5)56(22,6)15-31(57)64)87-49-41(74)37(70)35(68)28(84-49)19-81-46-40(73)36(69)34(67)27(16-59)83-46/h7,21,23-50,59-75H,8-20H2,1-6H3,(H,76,77)/t21-,23-,24-,25+,26-,27+,28+,29+,30+,31+,32-,33-,34+,35+,36-,37-,38-,39+,40+,41+,42+,43-,44+,45-,46+,47-,48-,49-,50-,54+,55+,56+,57+,58+/m0/s1. The maximum atomic E-state index is 15.4. The minimum atomic E-state index is -2.31. The Morgan fingerprint density at radius 1 is 0.580 bits per heavy atom. The third kappa shape index (κ3) is 11.0. The molecule has 0 amide bonds. The number of ether oxygens (including phenoxy) is 10. The molecule has 34 atom stereocenters. The molecular formula is C58H92O30. The van der Waals surface area contributed by atoms with Crippen molar-refractivity contribution in [2.24, 2.45) is 50.2 Å². The molecule has 9 fully saturated rings. The maximum Gasteiger partial charge on any atom is 0.317 e. The summed E-state index contributed by atoms with van der Waals surface area (Å²) in [5.74, 6) is -4.57. The van der Waals surface area contributed by atoms with Crippen molar-refractivity contribution in [1.29, 1.82) is 0 Å². The Bertz CT molecular complexity index is 2510. The van der Waals surface area contributed by atoms with Gasteiger partial charge < -0.3 is 139 Å². The zero-order valence-corrected chi connectivity index (χ0v) is 50.0. The van der Waals surface area contributed by atoms with Crippen LogP contribution in [0.5, 0.6) is 0 Å². The van der Waals surface area contributed by atoms with E-state index in [2.05, 4.69) is 6.92 Å². The highest BCUT2D eigenvalue weighted by molar-refractivity contribution is 5.80. The minimum Gasteiger partial charge on any atom is -0.481 e. The smallest absolute Gasteiger partial charge is 0.317 e. The molecule has 0 aromatic rings. The lowest BCUT2D eigenvalue weighted by molar-refractivity contribution is -0.369. The summed E-state index contributed by atoms with van der Waals surface area (Å²) in [6.07, 6.45) is -40.9. The molecule has 5 aliphatic carbocycles. The summed E-state index contributed by atoms with van der Waals surface area (Å²) < 4.78 is 58.2. The zero-order chi connectivity index (χ0) is 64.4. The highest BCUT2D eigenvalue weighted by atomic mass is 16.8. The molecule has 0 aromatic carbocycles. The number of carboxylic acid groups (broad SMARTS) is 1. The number of rotatable bonds is 14. The van der Waals surface area contributed by atoms with Gasteiger partial charge >= 0.3 is 11.9 Å². The van der Waals surface area contributed by atoms with Crippen molar-refractivity contribution in [2.75, 3.05) is 33.0 Å². The number of esters is 1. The Hall–Kier alpha value is -2.36. The van der Waals surface area contributed by atoms with E-state index >= 15 is 4.79 Å². The number of carbonyl (C=O) groups is 2. The highest BCUT2D eigenvalue weighted by Crippen LogP contribution is 2.76. The molecule has 4 saturated carbocycles. The van der Waals surface area contributed by atoms with Crippen LogP contribution < -0.4 is 0 Å². The molecule has 0 spiro atoms. The molecule has 10 aliphatic rings. The summed E-state index contributed by atoms with van der Waals surface area (Å²) in [4.78, 5) is 29.5. The average Bonchev–Trinajstić information content (AvgIpc) is 0.671. The molecule has 0 bridgehead atoms. The Morgan fingerprint density at radius 2 is 1.16 bits per heavy atom. The van der Waals surface area contributed by atoms with E-state index in [9.17, 15) is 96.7 Å². The molecule has 30 heteroatoms. The van der Waals surface area contributed by atoms with Crippen LogP contribution in [0.1, 0.15) is 92.9 Å². The highest BCUT2D eigenvalue weighted by Gasteiger charge is 2.75. The molecule has 5 aliphatic heterocycles. The van der Waals surface area contributed by atoms with Crippen molar-refractivity contribution in [3.63, 3.8) is 0 Å². The van der Waals surface area contributed by atoms with Crippen LogP contribution in [-0.4, -0.2) is 297 Å². The van der Waals surface area contributed by atoms with Gasteiger partial charge in [0.15, 0.2) is 31.3 Å². The maximum absolute atomic E-state index is 15.4. The number of allylic oxidation sites excluding steroid dienone is 2. The summed E-state index contributed by atoms with van der Waals surface area (Å²) in [7, 11) is 0. The molecule has 0 aromatic heterocycles. The molecule has 5 saturated heterocycles. The van der Waals surface area contributed by atoms with Crippen molar-refractivity contribution in [3.05, 3.63) is 11.6 Å². The van der Waals surface area contributed by atoms with Gasteiger partial charge in [-0.2, -0.15) is 0 Å². The second kappa shape index (κ2) is 25.1. The fraction of sp³-hybridized carbons (Fsp3) is 0.931. The van der Waals surface area contributed by atoms with Gasteiger partial charge in [0.05, 0.1) is 51.3 Å². The number of aliphatic hydroxyl groups excluding tert-OH is 17. The number of hydrogen-bond acceptors (Lipinski definition) is 29. The fourth-order valence-electron chi connectivity index (χ4n) is 17.5. The van der Waals surface area contributed by atoms with E-state index in [0.29, 0.717) is 19.3 Å². The molecule has 10 rings (SSSR count). The van der Waals surface area contributed by atoms with Gasteiger partial charge in [-0.05, 0) is 97.7 Å². The van der Waals surface area contributed by atoms with Gasteiger partial charge in [-0.25, -0.2) is 0 Å². The van der Waals surface area contributed by atoms with Crippen molar-refractivity contribution in [1.82, 2.24) is 0 Å². The van der Waals surface area contributed by atoms with E-state index in [1.54, 1.807) is 0 Å². The Kier molecular flexibility index (Phi) is 19.5. The van der Waals surface area contributed by atoms with E-state index in [4.69, 9.17) is 47.4 Å². The van der Waals surface area contributed by atoms with Gasteiger partial charge in [0.1, 0.15) is 115 Å². The molecule has 18 N–H and O–H groups in total. The number of carbonyl (C=O) groups excluding carboxylic acids is 1. The van der Waals surface area contributed by atoms with E-state index in [0.717, 1.165) is 5.57 Å². The third-order valence-corrected chi connectivity index (χ3v) is 22.8. The lowest BCUT2D eigenvalue weighted by atomic mass is 9.33. The van der Waals surface area contributed by atoms with E-state index in [1.807, 2.05) is 33.8 Å². The number of aliphatic hydroxyl groups is 17.